The third-order valence-electron chi connectivity index (χ3n) is 6.38. The number of carbonyl (C=O) groups excluding carboxylic acids is 1. The average molecular weight is 344 g/mol. The lowest BCUT2D eigenvalue weighted by molar-refractivity contribution is -0.119. The van der Waals surface area contributed by atoms with E-state index in [-0.39, 0.29) is 12.0 Å². The van der Waals surface area contributed by atoms with Gasteiger partial charge in [0.15, 0.2) is 0 Å². The van der Waals surface area contributed by atoms with Crippen LogP contribution < -0.4 is 4.74 Å². The van der Waals surface area contributed by atoms with Gasteiger partial charge in [-0.2, -0.15) is 0 Å². The molecule has 1 N–H and O–H groups in total. The first-order valence-corrected chi connectivity index (χ1v) is 9.98. The molecule has 0 unspecified atom stereocenters. The Morgan fingerprint density at radius 1 is 1.24 bits per heavy atom. The molecule has 138 valence electrons. The highest BCUT2D eigenvalue weighted by molar-refractivity contribution is 5.78. The van der Waals surface area contributed by atoms with Crippen LogP contribution in [0.1, 0.15) is 63.0 Å². The van der Waals surface area contributed by atoms with Gasteiger partial charge in [-0.25, -0.2) is 0 Å². The van der Waals surface area contributed by atoms with E-state index in [0.717, 1.165) is 50.7 Å². The van der Waals surface area contributed by atoms with Crippen molar-refractivity contribution in [3.63, 3.8) is 0 Å². The van der Waals surface area contributed by atoms with Gasteiger partial charge in [0.25, 0.3) is 0 Å². The topological polar surface area (TPSA) is 46.5 Å². The number of methoxy groups -OCH3 is 1. The maximum absolute atomic E-state index is 12.1. The maximum atomic E-state index is 12.1. The number of aliphatic hydroxyl groups is 1. The largest absolute Gasteiger partial charge is 0.496 e. The number of hydrogen-bond acceptors (Lipinski definition) is 3. The summed E-state index contributed by atoms with van der Waals surface area (Å²) in [4.78, 5) is 12.1. The van der Waals surface area contributed by atoms with Crippen molar-refractivity contribution in [2.75, 3.05) is 7.11 Å². The van der Waals surface area contributed by atoms with Crippen molar-refractivity contribution in [2.24, 2.45) is 17.8 Å². The van der Waals surface area contributed by atoms with Crippen molar-refractivity contribution in [3.05, 3.63) is 29.3 Å². The zero-order chi connectivity index (χ0) is 17.8. The Bertz CT molecular complexity index is 595. The van der Waals surface area contributed by atoms with E-state index in [4.69, 9.17) is 4.74 Å². The zero-order valence-corrected chi connectivity index (χ0v) is 15.7. The fourth-order valence-electron chi connectivity index (χ4n) is 5.02. The molecular formula is C22H32O3. The summed E-state index contributed by atoms with van der Waals surface area (Å²) in [5, 5.41) is 10.6. The van der Waals surface area contributed by atoms with Crippen molar-refractivity contribution in [1.82, 2.24) is 0 Å². The summed E-state index contributed by atoms with van der Waals surface area (Å²) in [6.07, 6.45) is 8.15. The number of aliphatic hydroxyl groups excluding tert-OH is 1. The highest BCUT2D eigenvalue weighted by Crippen LogP contribution is 2.48. The number of Topliss-reactive ketones (excluding diaryl/α,β-unsaturated/α-hetero) is 1. The van der Waals surface area contributed by atoms with E-state index in [9.17, 15) is 9.90 Å². The molecule has 1 fully saturated rings. The van der Waals surface area contributed by atoms with E-state index in [0.29, 0.717) is 30.5 Å². The van der Waals surface area contributed by atoms with Crippen molar-refractivity contribution < 1.29 is 14.6 Å². The summed E-state index contributed by atoms with van der Waals surface area (Å²) in [6, 6.07) is 6.30. The van der Waals surface area contributed by atoms with Gasteiger partial charge in [0.1, 0.15) is 11.5 Å². The van der Waals surface area contributed by atoms with Crippen LogP contribution in [0.15, 0.2) is 18.2 Å². The number of carbonyl (C=O) groups is 1. The second-order valence-electron chi connectivity index (χ2n) is 7.93. The van der Waals surface area contributed by atoms with Crippen LogP contribution in [-0.2, 0) is 17.6 Å². The molecule has 0 radical (unpaired) electrons. The van der Waals surface area contributed by atoms with E-state index in [2.05, 4.69) is 19.1 Å². The molecule has 0 aromatic heterocycles. The summed E-state index contributed by atoms with van der Waals surface area (Å²) in [5.74, 6) is 2.68. The maximum Gasteiger partial charge on any atom is 0.132 e. The molecule has 3 nitrogen and oxygen atoms in total. The van der Waals surface area contributed by atoms with Crippen LogP contribution in [0, 0.1) is 17.8 Å². The molecule has 0 bridgehead atoms. The van der Waals surface area contributed by atoms with Crippen LogP contribution >= 0.6 is 0 Å². The molecule has 3 heteroatoms. The Morgan fingerprint density at radius 2 is 2.08 bits per heavy atom. The van der Waals surface area contributed by atoms with Crippen LogP contribution in [0.3, 0.4) is 0 Å². The molecular weight excluding hydrogens is 312 g/mol. The highest BCUT2D eigenvalue weighted by atomic mass is 16.5. The quantitative estimate of drug-likeness (QED) is 0.714. The Kier molecular flexibility index (Phi) is 6.16. The van der Waals surface area contributed by atoms with Gasteiger partial charge in [0.05, 0.1) is 13.2 Å². The van der Waals surface area contributed by atoms with Gasteiger partial charge in [-0.3, -0.25) is 4.79 Å². The second kappa shape index (κ2) is 8.35. The molecule has 0 spiro atoms. The number of rotatable bonds is 8. The number of ether oxygens (including phenoxy) is 1. The first kappa shape index (κ1) is 18.4. The highest BCUT2D eigenvalue weighted by Gasteiger charge is 2.44. The van der Waals surface area contributed by atoms with E-state index in [1.165, 1.54) is 11.1 Å². The summed E-state index contributed by atoms with van der Waals surface area (Å²) < 4.78 is 5.53. The SMILES string of the molecule is CCCCCC(=O)CC[C@@H]1[C@H]2Cc3cccc(OC)c3C[C@H]2C[C@H]1O. The van der Waals surface area contributed by atoms with Gasteiger partial charge < -0.3 is 9.84 Å². The van der Waals surface area contributed by atoms with Crippen LogP contribution in [-0.4, -0.2) is 24.1 Å². The fraction of sp³-hybridized carbons (Fsp3) is 0.682. The predicted octanol–water partition coefficient (Wildman–Crippen LogP) is 4.34. The second-order valence-corrected chi connectivity index (χ2v) is 7.93. The van der Waals surface area contributed by atoms with Gasteiger partial charge in [-0.1, -0.05) is 31.9 Å². The number of unbranched alkanes of at least 4 members (excludes halogenated alkanes) is 2. The van der Waals surface area contributed by atoms with E-state index in [1.54, 1.807) is 7.11 Å². The van der Waals surface area contributed by atoms with Gasteiger partial charge >= 0.3 is 0 Å². The smallest absolute Gasteiger partial charge is 0.132 e. The molecule has 3 rings (SSSR count). The number of hydrogen-bond donors (Lipinski definition) is 1. The molecule has 0 heterocycles. The number of fused-ring (bicyclic) bond motifs is 2. The lowest BCUT2D eigenvalue weighted by Crippen LogP contribution is -2.27. The fourth-order valence-corrected chi connectivity index (χ4v) is 5.02. The molecule has 1 saturated carbocycles. The van der Waals surface area contributed by atoms with Crippen LogP contribution in [0.5, 0.6) is 5.75 Å². The van der Waals surface area contributed by atoms with Crippen molar-refractivity contribution in [1.29, 1.82) is 0 Å². The summed E-state index contributed by atoms with van der Waals surface area (Å²) >= 11 is 0. The molecule has 25 heavy (non-hydrogen) atoms. The van der Waals surface area contributed by atoms with Gasteiger partial charge in [-0.15, -0.1) is 0 Å². The number of benzene rings is 1. The van der Waals surface area contributed by atoms with Gasteiger partial charge in [-0.05, 0) is 67.1 Å². The number of ketones is 1. The van der Waals surface area contributed by atoms with E-state index < -0.39 is 0 Å². The molecule has 0 saturated heterocycles. The normalized spacial score (nSPS) is 27.6. The lowest BCUT2D eigenvalue weighted by Gasteiger charge is -2.32. The molecule has 1 aromatic rings. The zero-order valence-electron chi connectivity index (χ0n) is 15.7. The monoisotopic (exact) mass is 344 g/mol. The first-order chi connectivity index (χ1) is 12.1. The first-order valence-electron chi connectivity index (χ1n) is 9.98. The Hall–Kier alpha value is -1.35. The van der Waals surface area contributed by atoms with Crippen LogP contribution in [0.25, 0.3) is 0 Å². The minimum absolute atomic E-state index is 0.251. The minimum atomic E-state index is -0.251. The third kappa shape index (κ3) is 4.08. The Labute approximate surface area is 151 Å². The Balaban J connectivity index is 1.62. The van der Waals surface area contributed by atoms with E-state index >= 15 is 0 Å². The molecule has 0 amide bonds. The van der Waals surface area contributed by atoms with E-state index in [1.807, 2.05) is 6.07 Å². The molecule has 1 aromatic carbocycles. The van der Waals surface area contributed by atoms with Crippen LogP contribution in [0.4, 0.5) is 0 Å². The molecule has 0 aliphatic heterocycles. The summed E-state index contributed by atoms with van der Waals surface area (Å²) in [6.45, 7) is 2.16. The third-order valence-corrected chi connectivity index (χ3v) is 6.38. The van der Waals surface area contributed by atoms with Crippen LogP contribution in [0.2, 0.25) is 0 Å². The van der Waals surface area contributed by atoms with Crippen molar-refractivity contribution in [2.45, 2.75) is 70.8 Å². The molecule has 2 aliphatic carbocycles. The van der Waals surface area contributed by atoms with Crippen molar-refractivity contribution >= 4 is 5.78 Å². The molecule has 2 aliphatic rings. The molecule has 4 atom stereocenters. The average Bonchev–Trinajstić information content (AvgIpc) is 2.92. The van der Waals surface area contributed by atoms with Gasteiger partial charge in [0.2, 0.25) is 0 Å². The summed E-state index contributed by atoms with van der Waals surface area (Å²) in [7, 11) is 1.73. The lowest BCUT2D eigenvalue weighted by atomic mass is 9.73. The standard InChI is InChI=1S/C22H32O3/c1-3-4-5-8-17(23)10-11-18-19-12-15-7-6-9-22(25-2)20(15)13-16(19)14-21(18)24/h6-7,9,16,18-19,21,24H,3-5,8,10-14H2,1-2H3/t16-,18+,19-,21+/m0/s1. The van der Waals surface area contributed by atoms with Gasteiger partial charge in [0, 0.05) is 12.8 Å². The summed E-state index contributed by atoms with van der Waals surface area (Å²) in [5.41, 5.74) is 2.70. The minimum Gasteiger partial charge on any atom is -0.496 e. The Morgan fingerprint density at radius 3 is 2.84 bits per heavy atom. The predicted molar refractivity (Wildman–Crippen MR) is 99.9 cm³/mol. The van der Waals surface area contributed by atoms with Crippen molar-refractivity contribution in [3.8, 4) is 5.75 Å².